The van der Waals surface area contributed by atoms with E-state index in [1.807, 2.05) is 6.07 Å². The van der Waals surface area contributed by atoms with E-state index in [0.29, 0.717) is 33.4 Å². The molecule has 0 atom stereocenters. The molecule has 0 saturated carbocycles. The van der Waals surface area contributed by atoms with Crippen LogP contribution in [0.4, 0.5) is 0 Å². The van der Waals surface area contributed by atoms with Crippen LogP contribution in [0.5, 0.6) is 17.2 Å². The number of ether oxygens (including phenoxy) is 3. The highest BCUT2D eigenvalue weighted by atomic mass is 35.5. The monoisotopic (exact) mass is 329 g/mol. The summed E-state index contributed by atoms with van der Waals surface area (Å²) in [5.41, 5.74) is 1.91. The molecule has 23 heavy (non-hydrogen) atoms. The van der Waals surface area contributed by atoms with Crippen molar-refractivity contribution in [2.45, 2.75) is 0 Å². The van der Waals surface area contributed by atoms with Gasteiger partial charge in [0.25, 0.3) is 0 Å². The van der Waals surface area contributed by atoms with Crippen molar-refractivity contribution in [2.75, 3.05) is 21.3 Å². The third-order valence-corrected chi connectivity index (χ3v) is 3.53. The van der Waals surface area contributed by atoms with Crippen LogP contribution in [-0.2, 0) is 0 Å². The Kier molecular flexibility index (Phi) is 5.51. The number of nitrogens with zero attached hydrogens (tertiary/aromatic N) is 1. The van der Waals surface area contributed by atoms with Gasteiger partial charge in [0.05, 0.1) is 33.0 Å². The van der Waals surface area contributed by atoms with Crippen LogP contribution in [0, 0.1) is 11.3 Å². The summed E-state index contributed by atoms with van der Waals surface area (Å²) < 4.78 is 15.9. The highest BCUT2D eigenvalue weighted by Crippen LogP contribution is 2.36. The van der Waals surface area contributed by atoms with E-state index in [4.69, 9.17) is 25.8 Å². The molecule has 2 aromatic rings. The summed E-state index contributed by atoms with van der Waals surface area (Å²) in [6.07, 6.45) is 1.73. The molecule has 2 rings (SSSR count). The van der Waals surface area contributed by atoms with Crippen LogP contribution < -0.4 is 14.2 Å². The Balaban J connectivity index is 2.57. The molecule has 0 aliphatic carbocycles. The molecule has 0 unspecified atom stereocenters. The van der Waals surface area contributed by atoms with E-state index in [0.717, 1.165) is 5.56 Å². The lowest BCUT2D eigenvalue weighted by molar-refractivity contribution is 0.348. The van der Waals surface area contributed by atoms with Gasteiger partial charge in [0.1, 0.15) is 5.75 Å². The van der Waals surface area contributed by atoms with E-state index < -0.39 is 0 Å². The van der Waals surface area contributed by atoms with Crippen LogP contribution >= 0.6 is 11.6 Å². The number of hydrogen-bond acceptors (Lipinski definition) is 4. The van der Waals surface area contributed by atoms with Crippen LogP contribution in [0.1, 0.15) is 11.1 Å². The van der Waals surface area contributed by atoms with Gasteiger partial charge in [0.15, 0.2) is 11.5 Å². The molecule has 0 fully saturated rings. The number of methoxy groups -OCH3 is 3. The molecule has 2 aromatic carbocycles. The Morgan fingerprint density at radius 2 is 1.65 bits per heavy atom. The van der Waals surface area contributed by atoms with Crippen LogP contribution in [0.3, 0.4) is 0 Å². The molecule has 0 heterocycles. The minimum Gasteiger partial charge on any atom is -0.496 e. The Morgan fingerprint density at radius 3 is 2.22 bits per heavy atom. The molecule has 4 nitrogen and oxygen atoms in total. The Morgan fingerprint density at radius 1 is 1.00 bits per heavy atom. The average molecular weight is 330 g/mol. The lowest BCUT2D eigenvalue weighted by Gasteiger charge is -2.12. The van der Waals surface area contributed by atoms with Gasteiger partial charge >= 0.3 is 0 Å². The standard InChI is InChI=1S/C18H16ClNO3/c1-21-16-10-18(23-3)17(22-2)9-13(16)7-14(11-20)12-5-4-6-15(19)8-12/h4-10H,1-3H3/b14-7+. The minimum absolute atomic E-state index is 0.470. The second-order valence-corrected chi connectivity index (χ2v) is 5.07. The zero-order chi connectivity index (χ0) is 16.8. The maximum Gasteiger partial charge on any atom is 0.164 e. The Hall–Kier alpha value is -2.64. The summed E-state index contributed by atoms with van der Waals surface area (Å²) in [5.74, 6) is 1.70. The summed E-state index contributed by atoms with van der Waals surface area (Å²) in [7, 11) is 4.67. The highest BCUT2D eigenvalue weighted by molar-refractivity contribution is 6.30. The van der Waals surface area contributed by atoms with Gasteiger partial charge in [-0.1, -0.05) is 23.7 Å². The maximum atomic E-state index is 9.46. The van der Waals surface area contributed by atoms with Crippen molar-refractivity contribution >= 4 is 23.3 Å². The van der Waals surface area contributed by atoms with Gasteiger partial charge in [-0.05, 0) is 29.8 Å². The molecule has 0 spiro atoms. The lowest BCUT2D eigenvalue weighted by Crippen LogP contribution is -1.95. The summed E-state index contributed by atoms with van der Waals surface area (Å²) >= 11 is 6.00. The molecule has 5 heteroatoms. The molecule has 0 aromatic heterocycles. The average Bonchev–Trinajstić information content (AvgIpc) is 2.58. The van der Waals surface area contributed by atoms with E-state index in [9.17, 15) is 5.26 Å². The van der Waals surface area contributed by atoms with Crippen molar-refractivity contribution in [2.24, 2.45) is 0 Å². The van der Waals surface area contributed by atoms with E-state index >= 15 is 0 Å². The first-order valence-corrected chi connectivity index (χ1v) is 7.18. The van der Waals surface area contributed by atoms with Gasteiger partial charge in [-0.25, -0.2) is 0 Å². The van der Waals surface area contributed by atoms with Gasteiger partial charge in [0, 0.05) is 16.7 Å². The van der Waals surface area contributed by atoms with Gasteiger partial charge in [-0.15, -0.1) is 0 Å². The van der Waals surface area contributed by atoms with Crippen molar-refractivity contribution in [3.05, 3.63) is 52.5 Å². The molecule has 0 radical (unpaired) electrons. The molecule has 0 saturated heterocycles. The van der Waals surface area contributed by atoms with E-state index in [1.54, 1.807) is 57.7 Å². The fourth-order valence-electron chi connectivity index (χ4n) is 2.16. The number of hydrogen-bond donors (Lipinski definition) is 0. The van der Waals surface area contributed by atoms with Crippen LogP contribution in [0.15, 0.2) is 36.4 Å². The molecular weight excluding hydrogens is 314 g/mol. The van der Waals surface area contributed by atoms with Crippen molar-refractivity contribution in [3.8, 4) is 23.3 Å². The molecular formula is C18H16ClNO3. The molecule has 0 aliphatic heterocycles. The number of halogens is 1. The first kappa shape index (κ1) is 16.7. The first-order valence-electron chi connectivity index (χ1n) is 6.80. The predicted molar refractivity (Wildman–Crippen MR) is 91.0 cm³/mol. The maximum absolute atomic E-state index is 9.46. The van der Waals surface area contributed by atoms with E-state index in [2.05, 4.69) is 6.07 Å². The number of rotatable bonds is 5. The van der Waals surface area contributed by atoms with Gasteiger partial charge in [-0.3, -0.25) is 0 Å². The number of benzene rings is 2. The zero-order valence-corrected chi connectivity index (χ0v) is 13.8. The van der Waals surface area contributed by atoms with E-state index in [1.165, 1.54) is 0 Å². The summed E-state index contributed by atoms with van der Waals surface area (Å²) in [6.45, 7) is 0. The van der Waals surface area contributed by atoms with Crippen molar-refractivity contribution < 1.29 is 14.2 Å². The van der Waals surface area contributed by atoms with Crippen molar-refractivity contribution in [1.82, 2.24) is 0 Å². The summed E-state index contributed by atoms with van der Waals surface area (Å²) in [5, 5.41) is 10.0. The fraction of sp³-hybridized carbons (Fsp3) is 0.167. The largest absolute Gasteiger partial charge is 0.496 e. The number of allylic oxidation sites excluding steroid dienone is 1. The third-order valence-electron chi connectivity index (χ3n) is 3.29. The molecule has 0 N–H and O–H groups in total. The van der Waals surface area contributed by atoms with Gasteiger partial charge in [-0.2, -0.15) is 5.26 Å². The quantitative estimate of drug-likeness (QED) is 0.601. The summed E-state index contributed by atoms with van der Waals surface area (Å²) in [4.78, 5) is 0. The summed E-state index contributed by atoms with van der Waals surface area (Å²) in [6, 6.07) is 12.8. The third kappa shape index (κ3) is 3.77. The lowest BCUT2D eigenvalue weighted by atomic mass is 10.0. The van der Waals surface area contributed by atoms with Crippen LogP contribution in [0.25, 0.3) is 11.6 Å². The van der Waals surface area contributed by atoms with Crippen LogP contribution in [-0.4, -0.2) is 21.3 Å². The molecule has 0 bridgehead atoms. The zero-order valence-electron chi connectivity index (χ0n) is 13.1. The SMILES string of the molecule is COc1cc(OC)c(OC)cc1/C=C(\C#N)c1cccc(Cl)c1. The Labute approximate surface area is 140 Å². The molecule has 0 amide bonds. The minimum atomic E-state index is 0.470. The first-order chi connectivity index (χ1) is 11.1. The topological polar surface area (TPSA) is 51.5 Å². The smallest absolute Gasteiger partial charge is 0.164 e. The molecule has 0 aliphatic rings. The Bertz CT molecular complexity index is 778. The number of nitriles is 1. The van der Waals surface area contributed by atoms with Crippen molar-refractivity contribution in [3.63, 3.8) is 0 Å². The normalized spacial score (nSPS) is 10.8. The predicted octanol–water partition coefficient (Wildman–Crippen LogP) is 4.43. The second kappa shape index (κ2) is 7.57. The van der Waals surface area contributed by atoms with Crippen molar-refractivity contribution in [1.29, 1.82) is 5.26 Å². The van der Waals surface area contributed by atoms with Crippen LogP contribution in [0.2, 0.25) is 5.02 Å². The van der Waals surface area contributed by atoms with E-state index in [-0.39, 0.29) is 0 Å². The highest BCUT2D eigenvalue weighted by Gasteiger charge is 2.12. The second-order valence-electron chi connectivity index (χ2n) is 4.63. The van der Waals surface area contributed by atoms with Gasteiger partial charge in [0.2, 0.25) is 0 Å². The van der Waals surface area contributed by atoms with Gasteiger partial charge < -0.3 is 14.2 Å². The fourth-order valence-corrected chi connectivity index (χ4v) is 2.35. The molecule has 118 valence electrons.